The van der Waals surface area contributed by atoms with Crippen molar-refractivity contribution in [2.75, 3.05) is 5.32 Å². The molecule has 0 saturated carbocycles. The second kappa shape index (κ2) is 5.61. The van der Waals surface area contributed by atoms with Crippen molar-refractivity contribution in [1.82, 2.24) is 4.98 Å². The van der Waals surface area contributed by atoms with Gasteiger partial charge in [0.1, 0.15) is 0 Å². The van der Waals surface area contributed by atoms with Gasteiger partial charge in [0.05, 0.1) is 0 Å². The molecule has 0 bridgehead atoms. The van der Waals surface area contributed by atoms with E-state index in [2.05, 4.69) is 10.3 Å². The Kier molecular flexibility index (Phi) is 4.43. The van der Waals surface area contributed by atoms with Crippen LogP contribution in [0.4, 0.5) is 5.82 Å². The van der Waals surface area contributed by atoms with E-state index in [-0.39, 0.29) is 17.5 Å². The van der Waals surface area contributed by atoms with Crippen molar-refractivity contribution in [2.45, 2.75) is 27.6 Å². The molecule has 90 valence electrons. The quantitative estimate of drug-likeness (QED) is 0.778. The molecule has 5 heteroatoms. The summed E-state index contributed by atoms with van der Waals surface area (Å²) in [5, 5.41) is 12.4. The molecule has 1 aromatic heterocycles. The molecular formula is C12H17BN2O2. The maximum absolute atomic E-state index is 11.5. The average molecular weight is 232 g/mol. The monoisotopic (exact) mass is 232 g/mol. The topological polar surface area (TPSA) is 62.2 Å². The fourth-order valence-corrected chi connectivity index (χ4v) is 1.32. The van der Waals surface area contributed by atoms with Gasteiger partial charge in [-0.3, -0.25) is 0 Å². The fourth-order valence-electron chi connectivity index (χ4n) is 1.32. The van der Waals surface area contributed by atoms with Crippen molar-refractivity contribution >= 4 is 24.3 Å². The third-order valence-corrected chi connectivity index (χ3v) is 2.30. The van der Waals surface area contributed by atoms with Crippen LogP contribution in [-0.2, 0) is 4.79 Å². The molecule has 0 aliphatic carbocycles. The average Bonchev–Trinajstić information content (AvgIpc) is 2.26. The number of hydrogen-bond donors (Lipinski definition) is 2. The number of aromatic nitrogens is 1. The van der Waals surface area contributed by atoms with Crippen LogP contribution in [0.1, 0.15) is 25.1 Å². The van der Waals surface area contributed by atoms with Gasteiger partial charge in [-0.2, -0.15) is 0 Å². The van der Waals surface area contributed by atoms with E-state index in [1.54, 1.807) is 25.9 Å². The molecular weight excluding hydrogens is 215 g/mol. The van der Waals surface area contributed by atoms with Crippen molar-refractivity contribution < 1.29 is 9.90 Å². The number of aryl methyl sites for hydroxylation is 1. The Morgan fingerprint density at radius 2 is 2.12 bits per heavy atom. The van der Waals surface area contributed by atoms with Gasteiger partial charge in [0.2, 0.25) is 0 Å². The van der Waals surface area contributed by atoms with Crippen molar-refractivity contribution in [3.05, 3.63) is 23.4 Å². The van der Waals surface area contributed by atoms with Gasteiger partial charge in [0.25, 0.3) is 0 Å². The molecule has 0 unspecified atom stereocenters. The van der Waals surface area contributed by atoms with Crippen LogP contribution in [0, 0.1) is 12.8 Å². The van der Waals surface area contributed by atoms with Gasteiger partial charge in [-0.25, -0.2) is 0 Å². The number of hydrogen-bond acceptors (Lipinski definition) is 3. The number of amides is 1. The van der Waals surface area contributed by atoms with E-state index in [0.29, 0.717) is 11.4 Å². The Balaban J connectivity index is 3.02. The van der Waals surface area contributed by atoms with E-state index in [4.69, 9.17) is 0 Å². The van der Waals surface area contributed by atoms with Crippen LogP contribution in [0.2, 0.25) is 6.82 Å². The number of rotatable bonds is 3. The first-order valence-electron chi connectivity index (χ1n) is 5.59. The van der Waals surface area contributed by atoms with Gasteiger partial charge in [-0.15, -0.1) is 0 Å². The van der Waals surface area contributed by atoms with Crippen LogP contribution in [0.15, 0.2) is 12.1 Å². The zero-order valence-electron chi connectivity index (χ0n) is 10.6. The predicted octanol–water partition coefficient (Wildman–Crippen LogP) is 1.59. The standard InChI is InChI=1S/C12H17BN2O2/c1-7(2)12(17)15-10-6-9(11(16)13-4)5-8(3)14-10/h5-7,16H,1-4H3,(H,14,15,17). The van der Waals surface area contributed by atoms with Gasteiger partial charge < -0.3 is 0 Å². The molecule has 1 rings (SSSR count). The van der Waals surface area contributed by atoms with E-state index < -0.39 is 0 Å². The number of nitrogens with one attached hydrogen (secondary N) is 1. The number of carbonyl (C=O) groups excluding carboxylic acids is 1. The SMILES string of the molecule is C/B=C(\O)c1cc(C)nc(NC(=O)C(C)C)c1. The predicted molar refractivity (Wildman–Crippen MR) is 70.1 cm³/mol. The van der Waals surface area contributed by atoms with Crippen molar-refractivity contribution in [3.8, 4) is 0 Å². The summed E-state index contributed by atoms with van der Waals surface area (Å²) in [5.74, 6) is 0.275. The second-order valence-electron chi connectivity index (χ2n) is 4.20. The van der Waals surface area contributed by atoms with Crippen LogP contribution in [0.25, 0.3) is 0 Å². The summed E-state index contributed by atoms with van der Waals surface area (Å²) in [6, 6.07) is 3.42. The second-order valence-corrected chi connectivity index (χ2v) is 4.20. The minimum absolute atomic E-state index is 0.0889. The molecule has 1 amide bonds. The third kappa shape index (κ3) is 3.69. The summed E-state index contributed by atoms with van der Waals surface area (Å²) in [5.41, 5.74) is 1.57. The molecule has 0 aliphatic heterocycles. The van der Waals surface area contributed by atoms with Gasteiger partial charge >= 0.3 is 101 Å². The molecule has 1 aromatic rings. The van der Waals surface area contributed by atoms with Gasteiger partial charge in [-0.05, 0) is 0 Å². The summed E-state index contributed by atoms with van der Waals surface area (Å²) >= 11 is 0. The summed E-state index contributed by atoms with van der Waals surface area (Å²) in [6.45, 7) is 8.79. The van der Waals surface area contributed by atoms with Crippen LogP contribution in [-0.4, -0.2) is 28.6 Å². The summed E-state index contributed by atoms with van der Waals surface area (Å²) in [4.78, 5) is 15.7. The molecule has 0 fully saturated rings. The first-order chi connectivity index (χ1) is 7.93. The van der Waals surface area contributed by atoms with Crippen molar-refractivity contribution in [2.24, 2.45) is 5.92 Å². The van der Waals surface area contributed by atoms with Crippen LogP contribution in [0.5, 0.6) is 0 Å². The molecule has 1 heterocycles. The Morgan fingerprint density at radius 1 is 1.47 bits per heavy atom. The van der Waals surface area contributed by atoms with Crippen LogP contribution >= 0.6 is 0 Å². The summed E-state index contributed by atoms with van der Waals surface area (Å²) in [7, 11) is 0. The Hall–Kier alpha value is -1.65. The molecule has 0 radical (unpaired) electrons. The fraction of sp³-hybridized carbons (Fsp3) is 0.417. The summed E-state index contributed by atoms with van der Waals surface area (Å²) < 4.78 is 0. The molecule has 0 spiro atoms. The van der Waals surface area contributed by atoms with Crippen LogP contribution in [0.3, 0.4) is 0 Å². The van der Waals surface area contributed by atoms with Crippen molar-refractivity contribution in [1.29, 1.82) is 0 Å². The van der Waals surface area contributed by atoms with Crippen molar-refractivity contribution in [3.63, 3.8) is 0 Å². The molecule has 4 nitrogen and oxygen atoms in total. The zero-order valence-corrected chi connectivity index (χ0v) is 10.6. The number of aliphatic hydroxyl groups excluding tert-OH is 1. The van der Waals surface area contributed by atoms with E-state index in [9.17, 15) is 9.90 Å². The van der Waals surface area contributed by atoms with E-state index >= 15 is 0 Å². The molecule has 0 saturated heterocycles. The Bertz CT molecular complexity index is 456. The minimum atomic E-state index is -0.101. The molecule has 0 atom stereocenters. The van der Waals surface area contributed by atoms with E-state index in [1.165, 1.54) is 0 Å². The van der Waals surface area contributed by atoms with E-state index in [1.807, 2.05) is 20.8 Å². The van der Waals surface area contributed by atoms with Crippen LogP contribution < -0.4 is 5.32 Å². The Morgan fingerprint density at radius 3 is 2.65 bits per heavy atom. The van der Waals surface area contributed by atoms with Gasteiger partial charge in [0.15, 0.2) is 0 Å². The Labute approximate surface area is 102 Å². The molecule has 0 aromatic carbocycles. The number of nitrogens with zero attached hydrogens (tertiary/aromatic N) is 1. The molecule has 2 N–H and O–H groups in total. The van der Waals surface area contributed by atoms with E-state index in [0.717, 1.165) is 5.69 Å². The number of anilines is 1. The third-order valence-electron chi connectivity index (χ3n) is 2.30. The first kappa shape index (κ1) is 13.4. The number of aliphatic hydroxyl groups is 1. The normalized spacial score (nSPS) is 11.2. The first-order valence-corrected chi connectivity index (χ1v) is 5.59. The van der Waals surface area contributed by atoms with Gasteiger partial charge in [0, 0.05) is 0 Å². The maximum atomic E-state index is 11.5. The zero-order chi connectivity index (χ0) is 13.0. The van der Waals surface area contributed by atoms with Gasteiger partial charge in [-0.1, -0.05) is 0 Å². The molecule has 0 aliphatic rings. The number of carbonyl (C=O) groups is 1. The number of pyridine rings is 1. The summed E-state index contributed by atoms with van der Waals surface area (Å²) in [6.07, 6.45) is 0. The molecule has 17 heavy (non-hydrogen) atoms.